The van der Waals surface area contributed by atoms with Crippen molar-refractivity contribution in [1.82, 2.24) is 5.32 Å². The first-order valence-electron chi connectivity index (χ1n) is 20.3. The molecule has 0 aromatic rings. The van der Waals surface area contributed by atoms with E-state index in [-0.39, 0.29) is 6.61 Å². The van der Waals surface area contributed by atoms with Gasteiger partial charge in [-0.15, -0.1) is 0 Å². The molecule has 0 bridgehead atoms. The van der Waals surface area contributed by atoms with E-state index in [9.17, 15) is 20.1 Å². The summed E-state index contributed by atoms with van der Waals surface area (Å²) in [6.45, 7) is 4.15. The van der Waals surface area contributed by atoms with Gasteiger partial charge in [0, 0.05) is 0 Å². The summed E-state index contributed by atoms with van der Waals surface area (Å²) in [6.07, 6.45) is 45.9. The number of aliphatic hydroxyl groups is 3. The lowest BCUT2D eigenvalue weighted by Gasteiger charge is -2.21. The number of amides is 1. The molecule has 0 aliphatic rings. The third-order valence-electron chi connectivity index (χ3n) is 9.21. The van der Waals surface area contributed by atoms with Gasteiger partial charge in [0.15, 0.2) is 0 Å². The molecule has 3 unspecified atom stereocenters. The van der Waals surface area contributed by atoms with Gasteiger partial charge >= 0.3 is 0 Å². The highest BCUT2D eigenvalue weighted by Crippen LogP contribution is 2.15. The fourth-order valence-corrected chi connectivity index (χ4v) is 5.98. The van der Waals surface area contributed by atoms with Gasteiger partial charge in [0.25, 0.3) is 0 Å². The summed E-state index contributed by atoms with van der Waals surface area (Å²) in [5.74, 6) is -0.517. The molecule has 0 spiro atoms. The Balaban J connectivity index is 3.75. The predicted molar refractivity (Wildman–Crippen MR) is 204 cm³/mol. The Morgan fingerprint density at radius 1 is 0.511 bits per heavy atom. The summed E-state index contributed by atoms with van der Waals surface area (Å²) in [6, 6.07) is -0.817. The van der Waals surface area contributed by atoms with Crippen LogP contribution in [0.3, 0.4) is 0 Å². The van der Waals surface area contributed by atoms with Crippen molar-refractivity contribution < 1.29 is 20.1 Å². The van der Waals surface area contributed by atoms with Gasteiger partial charge in [-0.1, -0.05) is 192 Å². The van der Waals surface area contributed by atoms with Gasteiger partial charge in [-0.25, -0.2) is 0 Å². The Morgan fingerprint density at radius 2 is 0.872 bits per heavy atom. The van der Waals surface area contributed by atoms with E-state index in [1.54, 1.807) is 6.08 Å². The van der Waals surface area contributed by atoms with E-state index in [0.29, 0.717) is 6.42 Å². The normalized spacial score (nSPS) is 14.1. The Bertz CT molecular complexity index is 734. The van der Waals surface area contributed by atoms with Crippen LogP contribution in [0.25, 0.3) is 0 Å². The first-order valence-corrected chi connectivity index (χ1v) is 20.3. The van der Waals surface area contributed by atoms with Crippen molar-refractivity contribution in [3.8, 4) is 0 Å². The van der Waals surface area contributed by atoms with E-state index in [2.05, 4.69) is 43.5 Å². The van der Waals surface area contributed by atoms with E-state index in [0.717, 1.165) is 44.9 Å². The van der Waals surface area contributed by atoms with Crippen molar-refractivity contribution in [3.05, 3.63) is 36.5 Å². The molecule has 276 valence electrons. The molecule has 0 fully saturated rings. The second-order valence-electron chi connectivity index (χ2n) is 13.8. The van der Waals surface area contributed by atoms with Crippen molar-refractivity contribution in [1.29, 1.82) is 0 Å². The van der Waals surface area contributed by atoms with Crippen molar-refractivity contribution in [2.75, 3.05) is 6.61 Å². The predicted octanol–water partition coefficient (Wildman–Crippen LogP) is 11.2. The summed E-state index contributed by atoms with van der Waals surface area (Å²) in [7, 11) is 0. The quantitative estimate of drug-likeness (QED) is 0.0397. The molecule has 5 nitrogen and oxygen atoms in total. The number of hydrogen-bond donors (Lipinski definition) is 4. The number of hydrogen-bond acceptors (Lipinski definition) is 4. The lowest BCUT2D eigenvalue weighted by atomic mass is 10.0. The Hall–Kier alpha value is -1.43. The number of carbonyl (C=O) groups is 1. The third kappa shape index (κ3) is 32.9. The average Bonchev–Trinajstić information content (AvgIpc) is 3.07. The van der Waals surface area contributed by atoms with Gasteiger partial charge < -0.3 is 20.6 Å². The molecule has 0 saturated heterocycles. The van der Waals surface area contributed by atoms with Gasteiger partial charge in [0.1, 0.15) is 6.10 Å². The van der Waals surface area contributed by atoms with E-state index in [4.69, 9.17) is 0 Å². The second kappa shape index (κ2) is 37.4. The number of carbonyl (C=O) groups excluding carboxylic acids is 1. The van der Waals surface area contributed by atoms with Crippen LogP contribution in [0.15, 0.2) is 36.5 Å². The smallest absolute Gasteiger partial charge is 0.249 e. The van der Waals surface area contributed by atoms with Gasteiger partial charge in [-0.2, -0.15) is 0 Å². The fraction of sp³-hybridized carbons (Fsp3) is 0.833. The molecule has 3 atom stereocenters. The minimum atomic E-state index is -1.10. The standard InChI is InChI=1S/C42H79NO4/c1-3-5-7-9-11-13-15-17-19-20-21-23-25-27-29-31-33-35-37-41(46)42(47)43-39(38-44)40(45)36-34-32-30-28-26-24-22-18-16-14-12-10-8-6-4-2/h16,18,26,28,34,36,39-41,44-46H,3-15,17,19-25,27,29-33,35,37-38H2,1-2H3,(H,43,47)/b18-16+,28-26+,36-34+. The van der Waals surface area contributed by atoms with Crippen LogP contribution in [-0.4, -0.2) is 46.1 Å². The SMILES string of the molecule is CCCCCCC/C=C/CC/C=C/CC/C=C/C(O)C(CO)NC(=O)C(O)CCCCCCCCCCCCCCCCCCCC. The minimum Gasteiger partial charge on any atom is -0.394 e. The lowest BCUT2D eigenvalue weighted by Crippen LogP contribution is -2.48. The zero-order valence-corrected chi connectivity index (χ0v) is 31.2. The molecule has 0 radical (unpaired) electrons. The Labute approximate surface area is 292 Å². The molecule has 0 saturated carbocycles. The van der Waals surface area contributed by atoms with E-state index in [1.165, 1.54) is 135 Å². The monoisotopic (exact) mass is 662 g/mol. The topological polar surface area (TPSA) is 89.8 Å². The maximum Gasteiger partial charge on any atom is 0.249 e. The highest BCUT2D eigenvalue weighted by Gasteiger charge is 2.22. The van der Waals surface area contributed by atoms with Gasteiger partial charge in [-0.05, 0) is 44.9 Å². The zero-order chi connectivity index (χ0) is 34.5. The molecule has 0 aromatic heterocycles. The van der Waals surface area contributed by atoms with Crippen LogP contribution in [-0.2, 0) is 4.79 Å². The van der Waals surface area contributed by atoms with Crippen LogP contribution in [0.4, 0.5) is 0 Å². The highest BCUT2D eigenvalue weighted by molar-refractivity contribution is 5.80. The maximum atomic E-state index is 12.4. The summed E-state index contributed by atoms with van der Waals surface area (Å²) in [5.41, 5.74) is 0. The molecule has 0 rings (SSSR count). The number of nitrogens with one attached hydrogen (secondary N) is 1. The maximum absolute atomic E-state index is 12.4. The van der Waals surface area contributed by atoms with Crippen molar-refractivity contribution in [2.24, 2.45) is 0 Å². The Kier molecular flexibility index (Phi) is 36.3. The Morgan fingerprint density at radius 3 is 1.30 bits per heavy atom. The van der Waals surface area contributed by atoms with Crippen LogP contribution >= 0.6 is 0 Å². The number of unbranched alkanes of at least 4 members (excludes halogenated alkanes) is 24. The summed E-state index contributed by atoms with van der Waals surface area (Å²) >= 11 is 0. The van der Waals surface area contributed by atoms with Gasteiger partial charge in [0.05, 0.1) is 18.8 Å². The van der Waals surface area contributed by atoms with E-state index < -0.39 is 24.2 Å². The molecule has 0 aromatic carbocycles. The van der Waals surface area contributed by atoms with Gasteiger partial charge in [-0.3, -0.25) is 4.79 Å². The van der Waals surface area contributed by atoms with Crippen LogP contribution in [0.1, 0.15) is 200 Å². The number of rotatable bonds is 36. The molecule has 1 amide bonds. The van der Waals surface area contributed by atoms with Crippen molar-refractivity contribution in [2.45, 2.75) is 218 Å². The van der Waals surface area contributed by atoms with Crippen molar-refractivity contribution in [3.63, 3.8) is 0 Å². The molecule has 0 aliphatic heterocycles. The van der Waals surface area contributed by atoms with Crippen LogP contribution in [0, 0.1) is 0 Å². The highest BCUT2D eigenvalue weighted by atomic mass is 16.3. The summed E-state index contributed by atoms with van der Waals surface area (Å²) < 4.78 is 0. The molecule has 4 N–H and O–H groups in total. The first-order chi connectivity index (χ1) is 23.1. The van der Waals surface area contributed by atoms with Crippen LogP contribution in [0.5, 0.6) is 0 Å². The van der Waals surface area contributed by atoms with Crippen LogP contribution < -0.4 is 5.32 Å². The van der Waals surface area contributed by atoms with E-state index >= 15 is 0 Å². The minimum absolute atomic E-state index is 0.380. The van der Waals surface area contributed by atoms with Crippen molar-refractivity contribution >= 4 is 5.91 Å². The largest absolute Gasteiger partial charge is 0.394 e. The number of aliphatic hydroxyl groups excluding tert-OH is 3. The molecular formula is C42H79NO4. The molecule has 0 aliphatic carbocycles. The van der Waals surface area contributed by atoms with Crippen LogP contribution in [0.2, 0.25) is 0 Å². The van der Waals surface area contributed by atoms with Gasteiger partial charge in [0.2, 0.25) is 5.91 Å². The molecule has 47 heavy (non-hydrogen) atoms. The third-order valence-corrected chi connectivity index (χ3v) is 9.21. The second-order valence-corrected chi connectivity index (χ2v) is 13.8. The summed E-state index contributed by atoms with van der Waals surface area (Å²) in [5, 5.41) is 33.0. The lowest BCUT2D eigenvalue weighted by molar-refractivity contribution is -0.131. The molecule has 5 heteroatoms. The molecule has 0 heterocycles. The fourth-order valence-electron chi connectivity index (χ4n) is 5.98. The zero-order valence-electron chi connectivity index (χ0n) is 31.2. The van der Waals surface area contributed by atoms with E-state index in [1.807, 2.05) is 6.08 Å². The summed E-state index contributed by atoms with van der Waals surface area (Å²) in [4.78, 5) is 12.4. The first kappa shape index (κ1) is 45.6. The molecular weight excluding hydrogens is 582 g/mol. The number of allylic oxidation sites excluding steroid dienone is 5. The average molecular weight is 662 g/mol.